The molecule has 1 saturated carbocycles. The molecule has 1 aliphatic rings. The number of carbonyl (C=O) groups excluding carboxylic acids is 1. The summed E-state index contributed by atoms with van der Waals surface area (Å²) in [5.41, 5.74) is -0.489. The maximum absolute atomic E-state index is 12.1. The van der Waals surface area contributed by atoms with E-state index in [4.69, 9.17) is 10.2 Å². The first-order chi connectivity index (χ1) is 9.29. The number of hydrogen-bond donors (Lipinski definition) is 3. The highest BCUT2D eigenvalue weighted by Gasteiger charge is 2.38. The number of carboxylic acids is 1. The van der Waals surface area contributed by atoms with E-state index >= 15 is 0 Å². The van der Waals surface area contributed by atoms with Gasteiger partial charge in [-0.1, -0.05) is 26.7 Å². The molecule has 5 nitrogen and oxygen atoms in total. The lowest BCUT2D eigenvalue weighted by molar-refractivity contribution is -0.140. The molecule has 1 aliphatic carbocycles. The van der Waals surface area contributed by atoms with Crippen LogP contribution in [0, 0.1) is 10.8 Å². The van der Waals surface area contributed by atoms with Gasteiger partial charge in [-0.15, -0.1) is 0 Å². The van der Waals surface area contributed by atoms with E-state index in [-0.39, 0.29) is 29.8 Å². The summed E-state index contributed by atoms with van der Waals surface area (Å²) in [6.07, 6.45) is 4.69. The van der Waals surface area contributed by atoms with Crippen LogP contribution >= 0.6 is 0 Å². The number of carboxylic acid groups (broad SMARTS) is 1. The Morgan fingerprint density at radius 1 is 1.20 bits per heavy atom. The van der Waals surface area contributed by atoms with Crippen LogP contribution in [0.25, 0.3) is 0 Å². The van der Waals surface area contributed by atoms with Crippen molar-refractivity contribution in [3.05, 3.63) is 0 Å². The van der Waals surface area contributed by atoms with E-state index in [9.17, 15) is 9.59 Å². The van der Waals surface area contributed by atoms with Crippen LogP contribution in [-0.2, 0) is 9.59 Å². The smallest absolute Gasteiger partial charge is 0.303 e. The fourth-order valence-electron chi connectivity index (χ4n) is 2.99. The Labute approximate surface area is 120 Å². The maximum Gasteiger partial charge on any atom is 0.303 e. The molecule has 1 rings (SSSR count). The molecule has 0 unspecified atom stereocenters. The van der Waals surface area contributed by atoms with E-state index in [1.165, 1.54) is 0 Å². The highest BCUT2D eigenvalue weighted by atomic mass is 16.4. The molecule has 0 spiro atoms. The van der Waals surface area contributed by atoms with Crippen LogP contribution < -0.4 is 5.32 Å². The topological polar surface area (TPSA) is 86.6 Å². The largest absolute Gasteiger partial charge is 0.481 e. The van der Waals surface area contributed by atoms with Crippen LogP contribution in [0.2, 0.25) is 0 Å². The lowest BCUT2D eigenvalue weighted by atomic mass is 9.79. The minimum atomic E-state index is -0.819. The molecule has 0 bridgehead atoms. The van der Waals surface area contributed by atoms with Gasteiger partial charge < -0.3 is 15.5 Å². The van der Waals surface area contributed by atoms with Crippen molar-refractivity contribution in [3.8, 4) is 0 Å². The molecule has 0 aromatic rings. The average Bonchev–Trinajstić information content (AvgIpc) is 2.74. The fourth-order valence-corrected chi connectivity index (χ4v) is 2.99. The predicted molar refractivity (Wildman–Crippen MR) is 76.3 cm³/mol. The van der Waals surface area contributed by atoms with Crippen molar-refractivity contribution in [2.45, 2.75) is 58.8 Å². The summed E-state index contributed by atoms with van der Waals surface area (Å²) in [7, 11) is 0. The van der Waals surface area contributed by atoms with Crippen LogP contribution in [0.5, 0.6) is 0 Å². The van der Waals surface area contributed by atoms with Gasteiger partial charge in [0.25, 0.3) is 0 Å². The van der Waals surface area contributed by atoms with Gasteiger partial charge in [0, 0.05) is 19.6 Å². The number of carbonyl (C=O) groups is 2. The number of rotatable bonds is 8. The van der Waals surface area contributed by atoms with Crippen LogP contribution in [0.15, 0.2) is 0 Å². The van der Waals surface area contributed by atoms with Crippen LogP contribution in [0.1, 0.15) is 58.8 Å². The monoisotopic (exact) mass is 285 g/mol. The second-order valence-electron chi connectivity index (χ2n) is 6.87. The molecule has 116 valence electrons. The lowest BCUT2D eigenvalue weighted by Crippen LogP contribution is -2.37. The summed E-state index contributed by atoms with van der Waals surface area (Å²) in [5, 5.41) is 20.9. The number of aliphatic hydroxyl groups is 1. The molecule has 0 aromatic carbocycles. The Balaban J connectivity index is 2.49. The molecular weight excluding hydrogens is 258 g/mol. The second-order valence-corrected chi connectivity index (χ2v) is 6.87. The molecule has 1 fully saturated rings. The molecule has 0 saturated heterocycles. The van der Waals surface area contributed by atoms with Crippen LogP contribution in [-0.4, -0.2) is 35.2 Å². The van der Waals surface area contributed by atoms with Gasteiger partial charge in [0.15, 0.2) is 0 Å². The number of aliphatic hydroxyl groups excluding tert-OH is 1. The van der Waals surface area contributed by atoms with Gasteiger partial charge in [0.2, 0.25) is 5.91 Å². The molecule has 0 aromatic heterocycles. The Morgan fingerprint density at radius 3 is 2.30 bits per heavy atom. The summed E-state index contributed by atoms with van der Waals surface area (Å²) < 4.78 is 0. The van der Waals surface area contributed by atoms with Crippen molar-refractivity contribution in [3.63, 3.8) is 0 Å². The first-order valence-electron chi connectivity index (χ1n) is 7.38. The first kappa shape index (κ1) is 17.0. The molecular formula is C15H27NO4. The van der Waals surface area contributed by atoms with E-state index in [0.29, 0.717) is 19.4 Å². The molecule has 0 aliphatic heterocycles. The molecule has 0 heterocycles. The van der Waals surface area contributed by atoms with Crippen molar-refractivity contribution in [1.82, 2.24) is 5.32 Å². The van der Waals surface area contributed by atoms with Crippen molar-refractivity contribution in [2.75, 3.05) is 13.2 Å². The Bertz CT molecular complexity index is 346. The molecule has 5 heteroatoms. The number of nitrogens with one attached hydrogen (secondary N) is 1. The van der Waals surface area contributed by atoms with Gasteiger partial charge in [-0.05, 0) is 30.1 Å². The third-order valence-electron chi connectivity index (χ3n) is 4.28. The van der Waals surface area contributed by atoms with Gasteiger partial charge in [0.05, 0.1) is 6.42 Å². The summed E-state index contributed by atoms with van der Waals surface area (Å²) in [6, 6.07) is 0. The van der Waals surface area contributed by atoms with Crippen molar-refractivity contribution >= 4 is 11.9 Å². The van der Waals surface area contributed by atoms with Gasteiger partial charge in [-0.3, -0.25) is 9.59 Å². The highest BCUT2D eigenvalue weighted by Crippen LogP contribution is 2.44. The SMILES string of the molecule is CC(C)(CCO)CNC(=O)CC1(CC(=O)O)CCCC1. The maximum atomic E-state index is 12.1. The summed E-state index contributed by atoms with van der Waals surface area (Å²) in [5.74, 6) is -0.889. The third kappa shape index (κ3) is 5.49. The molecule has 20 heavy (non-hydrogen) atoms. The molecule has 0 radical (unpaired) electrons. The predicted octanol–water partition coefficient (Wildman–Crippen LogP) is 1.94. The molecule has 3 N–H and O–H groups in total. The first-order valence-corrected chi connectivity index (χ1v) is 7.38. The minimum Gasteiger partial charge on any atom is -0.481 e. The number of amides is 1. The van der Waals surface area contributed by atoms with Gasteiger partial charge in [-0.2, -0.15) is 0 Å². The van der Waals surface area contributed by atoms with Gasteiger partial charge in [-0.25, -0.2) is 0 Å². The van der Waals surface area contributed by atoms with E-state index < -0.39 is 5.97 Å². The van der Waals surface area contributed by atoms with Gasteiger partial charge >= 0.3 is 5.97 Å². The minimum absolute atomic E-state index is 0.0702. The summed E-state index contributed by atoms with van der Waals surface area (Å²) in [4.78, 5) is 23.1. The van der Waals surface area contributed by atoms with E-state index in [0.717, 1.165) is 25.7 Å². The van der Waals surface area contributed by atoms with Crippen LogP contribution in [0.4, 0.5) is 0 Å². The second kappa shape index (κ2) is 7.07. The fraction of sp³-hybridized carbons (Fsp3) is 0.867. The van der Waals surface area contributed by atoms with Crippen LogP contribution in [0.3, 0.4) is 0 Å². The van der Waals surface area contributed by atoms with E-state index in [1.54, 1.807) is 0 Å². The normalized spacial score (nSPS) is 17.9. The Kier molecular flexibility index (Phi) is 5.99. The third-order valence-corrected chi connectivity index (χ3v) is 4.28. The Morgan fingerprint density at radius 2 is 1.80 bits per heavy atom. The average molecular weight is 285 g/mol. The van der Waals surface area contributed by atoms with Crippen molar-refractivity contribution < 1.29 is 19.8 Å². The van der Waals surface area contributed by atoms with Gasteiger partial charge in [0.1, 0.15) is 0 Å². The standard InChI is InChI=1S/C15H27NO4/c1-14(2,7-8-17)11-16-12(18)9-15(10-13(19)20)5-3-4-6-15/h17H,3-11H2,1-2H3,(H,16,18)(H,19,20). The zero-order valence-corrected chi connectivity index (χ0v) is 12.6. The highest BCUT2D eigenvalue weighted by molar-refractivity contribution is 5.78. The summed E-state index contributed by atoms with van der Waals surface area (Å²) in [6.45, 7) is 4.60. The quantitative estimate of drug-likeness (QED) is 0.636. The van der Waals surface area contributed by atoms with Crippen molar-refractivity contribution in [2.24, 2.45) is 10.8 Å². The van der Waals surface area contributed by atoms with Crippen molar-refractivity contribution in [1.29, 1.82) is 0 Å². The zero-order valence-electron chi connectivity index (χ0n) is 12.6. The Hall–Kier alpha value is -1.10. The summed E-state index contributed by atoms with van der Waals surface area (Å²) >= 11 is 0. The van der Waals surface area contributed by atoms with E-state index in [2.05, 4.69) is 5.32 Å². The molecule has 0 atom stereocenters. The lowest BCUT2D eigenvalue weighted by Gasteiger charge is -2.28. The number of aliphatic carboxylic acids is 1. The van der Waals surface area contributed by atoms with E-state index in [1.807, 2.05) is 13.8 Å². The molecule has 1 amide bonds. The number of hydrogen-bond acceptors (Lipinski definition) is 3. The zero-order chi connectivity index (χ0) is 15.2.